The number of halogens is 1. The summed E-state index contributed by atoms with van der Waals surface area (Å²) in [6.45, 7) is 0. The molecular weight excluding hydrogens is 155 g/mol. The highest BCUT2D eigenvalue weighted by Crippen LogP contribution is 2.21. The molecule has 0 aliphatic heterocycles. The first-order valence-corrected chi connectivity index (χ1v) is 4.21. The average molecular weight is 166 g/mol. The SMILES string of the molecule is O[C@@H]1CCc2ccc(F)cc2C1. The van der Waals surface area contributed by atoms with Crippen molar-refractivity contribution >= 4 is 0 Å². The summed E-state index contributed by atoms with van der Waals surface area (Å²) < 4.78 is 12.7. The van der Waals surface area contributed by atoms with Crippen LogP contribution >= 0.6 is 0 Å². The largest absolute Gasteiger partial charge is 0.393 e. The first-order chi connectivity index (χ1) is 5.75. The summed E-state index contributed by atoms with van der Waals surface area (Å²) >= 11 is 0. The fraction of sp³-hybridized carbons (Fsp3) is 0.400. The van der Waals surface area contributed by atoms with Gasteiger partial charge in [0.1, 0.15) is 5.82 Å². The lowest BCUT2D eigenvalue weighted by molar-refractivity contribution is 0.158. The van der Waals surface area contributed by atoms with E-state index in [0.29, 0.717) is 6.42 Å². The molecule has 0 spiro atoms. The van der Waals surface area contributed by atoms with Crippen LogP contribution in [0, 0.1) is 5.82 Å². The van der Waals surface area contributed by atoms with Gasteiger partial charge in [-0.1, -0.05) is 6.07 Å². The van der Waals surface area contributed by atoms with Crippen molar-refractivity contribution in [3.05, 3.63) is 35.1 Å². The molecule has 1 aromatic rings. The summed E-state index contributed by atoms with van der Waals surface area (Å²) in [6.07, 6.45) is 2.00. The average Bonchev–Trinajstić information content (AvgIpc) is 2.03. The number of hydrogen-bond donors (Lipinski definition) is 1. The Morgan fingerprint density at radius 2 is 2.17 bits per heavy atom. The molecule has 0 aromatic heterocycles. The standard InChI is InChI=1S/C10H11FO/c11-9-3-1-7-2-4-10(12)6-8(7)5-9/h1,3,5,10,12H,2,4,6H2/t10-/m1/s1. The van der Waals surface area contributed by atoms with Gasteiger partial charge < -0.3 is 5.11 Å². The molecule has 64 valence electrons. The monoisotopic (exact) mass is 166 g/mol. The Hall–Kier alpha value is -0.890. The lowest BCUT2D eigenvalue weighted by Gasteiger charge is -2.20. The molecule has 0 amide bonds. The van der Waals surface area contributed by atoms with E-state index in [-0.39, 0.29) is 11.9 Å². The number of rotatable bonds is 0. The van der Waals surface area contributed by atoms with E-state index >= 15 is 0 Å². The molecule has 0 saturated heterocycles. The number of fused-ring (bicyclic) bond motifs is 1. The van der Waals surface area contributed by atoms with Crippen LogP contribution in [0.5, 0.6) is 0 Å². The number of aliphatic hydroxyl groups is 1. The predicted octanol–water partition coefficient (Wildman–Crippen LogP) is 1.68. The van der Waals surface area contributed by atoms with Gasteiger partial charge in [-0.2, -0.15) is 0 Å². The zero-order valence-corrected chi connectivity index (χ0v) is 6.76. The molecule has 0 bridgehead atoms. The molecular formula is C10H11FO. The molecule has 1 atom stereocenters. The molecule has 2 heteroatoms. The number of aliphatic hydroxyl groups excluding tert-OH is 1. The number of benzene rings is 1. The highest BCUT2D eigenvalue weighted by Gasteiger charge is 2.16. The highest BCUT2D eigenvalue weighted by molar-refractivity contribution is 5.30. The van der Waals surface area contributed by atoms with Crippen LogP contribution < -0.4 is 0 Å². The van der Waals surface area contributed by atoms with Crippen molar-refractivity contribution in [1.29, 1.82) is 0 Å². The first-order valence-electron chi connectivity index (χ1n) is 4.21. The molecule has 1 nitrogen and oxygen atoms in total. The molecule has 0 saturated carbocycles. The third-order valence-corrected chi connectivity index (χ3v) is 2.37. The fourth-order valence-electron chi connectivity index (χ4n) is 1.71. The van der Waals surface area contributed by atoms with E-state index in [0.717, 1.165) is 18.4 Å². The molecule has 1 N–H and O–H groups in total. The van der Waals surface area contributed by atoms with E-state index < -0.39 is 0 Å². The van der Waals surface area contributed by atoms with Gasteiger partial charge in [-0.05, 0) is 42.5 Å². The van der Waals surface area contributed by atoms with E-state index in [1.54, 1.807) is 0 Å². The predicted molar refractivity (Wildman–Crippen MR) is 44.4 cm³/mol. The van der Waals surface area contributed by atoms with Crippen molar-refractivity contribution in [3.8, 4) is 0 Å². The normalized spacial score (nSPS) is 22.0. The Morgan fingerprint density at radius 1 is 1.33 bits per heavy atom. The van der Waals surface area contributed by atoms with Crippen LogP contribution in [-0.2, 0) is 12.8 Å². The maximum atomic E-state index is 12.7. The second-order valence-electron chi connectivity index (χ2n) is 3.31. The summed E-state index contributed by atoms with van der Waals surface area (Å²) in [5.41, 5.74) is 2.15. The zero-order chi connectivity index (χ0) is 8.55. The topological polar surface area (TPSA) is 20.2 Å². The molecule has 1 aliphatic rings. The molecule has 2 rings (SSSR count). The van der Waals surface area contributed by atoms with Crippen LogP contribution in [-0.4, -0.2) is 11.2 Å². The Kier molecular flexibility index (Phi) is 1.85. The lowest BCUT2D eigenvalue weighted by Crippen LogP contribution is -2.18. The Labute approximate surface area is 70.8 Å². The quantitative estimate of drug-likeness (QED) is 0.621. The Morgan fingerprint density at radius 3 is 3.00 bits per heavy atom. The van der Waals surface area contributed by atoms with Gasteiger partial charge in [0, 0.05) is 0 Å². The second-order valence-corrected chi connectivity index (χ2v) is 3.31. The van der Waals surface area contributed by atoms with Crippen molar-refractivity contribution in [1.82, 2.24) is 0 Å². The molecule has 1 aromatic carbocycles. The van der Waals surface area contributed by atoms with Gasteiger partial charge in [0.2, 0.25) is 0 Å². The smallest absolute Gasteiger partial charge is 0.123 e. The summed E-state index contributed by atoms with van der Waals surface area (Å²) in [4.78, 5) is 0. The zero-order valence-electron chi connectivity index (χ0n) is 6.76. The third-order valence-electron chi connectivity index (χ3n) is 2.37. The van der Waals surface area contributed by atoms with Gasteiger partial charge in [-0.25, -0.2) is 4.39 Å². The summed E-state index contributed by atoms with van der Waals surface area (Å²) in [5.74, 6) is -0.206. The molecule has 0 fully saturated rings. The minimum atomic E-state index is -0.278. The van der Waals surface area contributed by atoms with E-state index in [4.69, 9.17) is 0 Å². The first kappa shape index (κ1) is 7.74. The van der Waals surface area contributed by atoms with Gasteiger partial charge in [-0.15, -0.1) is 0 Å². The van der Waals surface area contributed by atoms with Crippen molar-refractivity contribution < 1.29 is 9.50 Å². The van der Waals surface area contributed by atoms with Crippen LogP contribution in [0.15, 0.2) is 18.2 Å². The third kappa shape index (κ3) is 1.34. The molecule has 1 aliphatic carbocycles. The van der Waals surface area contributed by atoms with E-state index in [1.807, 2.05) is 6.07 Å². The minimum absolute atomic E-state index is 0.206. The van der Waals surface area contributed by atoms with Gasteiger partial charge in [0.05, 0.1) is 6.10 Å². The van der Waals surface area contributed by atoms with Gasteiger partial charge in [0.25, 0.3) is 0 Å². The fourth-order valence-corrected chi connectivity index (χ4v) is 1.71. The Balaban J connectivity index is 2.37. The Bertz CT molecular complexity index is 296. The lowest BCUT2D eigenvalue weighted by atomic mass is 9.90. The molecule has 0 radical (unpaired) electrons. The van der Waals surface area contributed by atoms with Crippen LogP contribution in [0.3, 0.4) is 0 Å². The van der Waals surface area contributed by atoms with E-state index in [1.165, 1.54) is 17.7 Å². The van der Waals surface area contributed by atoms with Crippen LogP contribution in [0.25, 0.3) is 0 Å². The van der Waals surface area contributed by atoms with Crippen molar-refractivity contribution in [2.45, 2.75) is 25.4 Å². The van der Waals surface area contributed by atoms with Crippen LogP contribution in [0.4, 0.5) is 4.39 Å². The van der Waals surface area contributed by atoms with Gasteiger partial charge in [0.15, 0.2) is 0 Å². The summed E-state index contributed by atoms with van der Waals surface area (Å²) in [6, 6.07) is 4.82. The van der Waals surface area contributed by atoms with Gasteiger partial charge in [-0.3, -0.25) is 0 Å². The van der Waals surface area contributed by atoms with Crippen molar-refractivity contribution in [3.63, 3.8) is 0 Å². The summed E-state index contributed by atoms with van der Waals surface area (Å²) in [7, 11) is 0. The highest BCUT2D eigenvalue weighted by atomic mass is 19.1. The number of aryl methyl sites for hydroxylation is 1. The minimum Gasteiger partial charge on any atom is -0.393 e. The van der Waals surface area contributed by atoms with Crippen molar-refractivity contribution in [2.24, 2.45) is 0 Å². The molecule has 0 unspecified atom stereocenters. The van der Waals surface area contributed by atoms with E-state index in [9.17, 15) is 9.50 Å². The van der Waals surface area contributed by atoms with Crippen LogP contribution in [0.1, 0.15) is 17.5 Å². The maximum Gasteiger partial charge on any atom is 0.123 e. The van der Waals surface area contributed by atoms with E-state index in [2.05, 4.69) is 0 Å². The molecule has 12 heavy (non-hydrogen) atoms. The maximum absolute atomic E-state index is 12.7. The van der Waals surface area contributed by atoms with Crippen LogP contribution in [0.2, 0.25) is 0 Å². The molecule has 0 heterocycles. The second kappa shape index (κ2) is 2.87. The van der Waals surface area contributed by atoms with Gasteiger partial charge >= 0.3 is 0 Å². The number of hydrogen-bond acceptors (Lipinski definition) is 1. The van der Waals surface area contributed by atoms with Crippen molar-refractivity contribution in [2.75, 3.05) is 0 Å². The summed E-state index contributed by atoms with van der Waals surface area (Å²) in [5, 5.41) is 9.32.